The van der Waals surface area contributed by atoms with Crippen LogP contribution in [0, 0.1) is 0 Å². The molecule has 0 N–H and O–H groups in total. The number of carbonyl (C=O) groups excluding carboxylic acids is 2. The lowest BCUT2D eigenvalue weighted by atomic mass is 9.71. The van der Waals surface area contributed by atoms with Gasteiger partial charge in [-0.25, -0.2) is 0 Å². The van der Waals surface area contributed by atoms with E-state index in [4.69, 9.17) is 0 Å². The van der Waals surface area contributed by atoms with Crippen molar-refractivity contribution in [1.29, 1.82) is 0 Å². The van der Waals surface area contributed by atoms with E-state index in [1.807, 2.05) is 46.2 Å². The van der Waals surface area contributed by atoms with Crippen molar-refractivity contribution >= 4 is 11.8 Å². The van der Waals surface area contributed by atoms with E-state index in [1.54, 1.807) is 0 Å². The molecule has 0 atom stereocenters. The highest BCUT2D eigenvalue weighted by atomic mass is 16.2. The van der Waals surface area contributed by atoms with E-state index in [0.29, 0.717) is 38.9 Å². The zero-order valence-corrected chi connectivity index (χ0v) is 19.7. The predicted molar refractivity (Wildman–Crippen MR) is 134 cm³/mol. The number of amides is 2. The van der Waals surface area contributed by atoms with Gasteiger partial charge in [-0.15, -0.1) is 0 Å². The number of benzene rings is 3. The lowest BCUT2D eigenvalue weighted by Crippen LogP contribution is -2.54. The Morgan fingerprint density at radius 3 is 2.03 bits per heavy atom. The van der Waals surface area contributed by atoms with Crippen LogP contribution < -0.4 is 0 Å². The smallest absolute Gasteiger partial charge is 0.233 e. The Hall–Kier alpha value is -3.40. The highest BCUT2D eigenvalue weighted by molar-refractivity contribution is 5.89. The van der Waals surface area contributed by atoms with Gasteiger partial charge in [-0.2, -0.15) is 0 Å². The molecular formula is C30H32N2O2. The number of fused-ring (bicyclic) bond motifs is 1. The average Bonchev–Trinajstić information content (AvgIpc) is 2.92. The summed E-state index contributed by atoms with van der Waals surface area (Å²) in [6, 6.07) is 28.8. The molecule has 3 aromatic rings. The van der Waals surface area contributed by atoms with Crippen LogP contribution in [0.15, 0.2) is 84.9 Å². The quantitative estimate of drug-likeness (QED) is 0.560. The summed E-state index contributed by atoms with van der Waals surface area (Å²) < 4.78 is 0. The summed E-state index contributed by atoms with van der Waals surface area (Å²) in [4.78, 5) is 31.1. The van der Waals surface area contributed by atoms with Crippen molar-refractivity contribution in [1.82, 2.24) is 9.80 Å². The minimum atomic E-state index is -0.566. The molecule has 4 heteroatoms. The lowest BCUT2D eigenvalue weighted by Gasteiger charge is -2.44. The molecule has 2 aliphatic rings. The van der Waals surface area contributed by atoms with Crippen LogP contribution in [0.4, 0.5) is 0 Å². The second-order valence-electron chi connectivity index (χ2n) is 9.56. The first kappa shape index (κ1) is 22.4. The van der Waals surface area contributed by atoms with Crippen molar-refractivity contribution in [3.05, 3.63) is 107 Å². The second-order valence-corrected chi connectivity index (χ2v) is 9.56. The van der Waals surface area contributed by atoms with Crippen molar-refractivity contribution in [2.45, 2.75) is 44.1 Å². The van der Waals surface area contributed by atoms with Gasteiger partial charge in [-0.05, 0) is 47.9 Å². The summed E-state index contributed by atoms with van der Waals surface area (Å²) in [7, 11) is 0. The Kier molecular flexibility index (Phi) is 6.48. The molecule has 0 unspecified atom stereocenters. The first-order valence-corrected chi connectivity index (χ1v) is 12.4. The first-order valence-electron chi connectivity index (χ1n) is 12.4. The molecule has 0 spiro atoms. The number of likely N-dealkylation sites (tertiary alicyclic amines) is 1. The van der Waals surface area contributed by atoms with E-state index in [-0.39, 0.29) is 11.8 Å². The molecule has 4 nitrogen and oxygen atoms in total. The van der Waals surface area contributed by atoms with Gasteiger partial charge in [-0.1, -0.05) is 84.9 Å². The number of rotatable bonds is 5. The molecule has 0 aromatic heterocycles. The van der Waals surface area contributed by atoms with Crippen LogP contribution in [0.3, 0.4) is 0 Å². The third-order valence-electron chi connectivity index (χ3n) is 7.59. The van der Waals surface area contributed by atoms with E-state index < -0.39 is 5.41 Å². The van der Waals surface area contributed by atoms with Gasteiger partial charge in [0, 0.05) is 32.6 Å². The zero-order valence-electron chi connectivity index (χ0n) is 19.7. The van der Waals surface area contributed by atoms with Crippen LogP contribution in [-0.2, 0) is 34.4 Å². The van der Waals surface area contributed by atoms with Crippen LogP contribution in [0.2, 0.25) is 0 Å². The molecular weight excluding hydrogens is 420 g/mol. The minimum Gasteiger partial charge on any atom is -0.343 e. The van der Waals surface area contributed by atoms with E-state index >= 15 is 0 Å². The minimum absolute atomic E-state index is 0.185. The van der Waals surface area contributed by atoms with E-state index in [0.717, 1.165) is 24.9 Å². The van der Waals surface area contributed by atoms with Crippen molar-refractivity contribution in [2.75, 3.05) is 19.6 Å². The normalized spacial score (nSPS) is 17.2. The number of nitrogens with zero attached hydrogens (tertiary/aromatic N) is 2. The fourth-order valence-corrected chi connectivity index (χ4v) is 5.55. The third-order valence-corrected chi connectivity index (χ3v) is 7.59. The molecule has 34 heavy (non-hydrogen) atoms. The molecule has 2 aliphatic heterocycles. The maximum absolute atomic E-state index is 14.1. The van der Waals surface area contributed by atoms with E-state index in [1.165, 1.54) is 16.7 Å². The van der Waals surface area contributed by atoms with Crippen molar-refractivity contribution in [3.8, 4) is 0 Å². The van der Waals surface area contributed by atoms with E-state index in [9.17, 15) is 9.59 Å². The molecule has 2 heterocycles. The summed E-state index contributed by atoms with van der Waals surface area (Å²) in [5.41, 5.74) is 4.30. The SMILES string of the molecule is O=C(CCc1ccccc1)N1CCC(C(=O)N2CCc3ccccc3C2)(c2ccccc2)CC1. The Bertz CT molecular complexity index is 1130. The molecule has 0 saturated carbocycles. The number of piperidine rings is 1. The van der Waals surface area contributed by atoms with Gasteiger partial charge in [0.2, 0.25) is 11.8 Å². The van der Waals surface area contributed by atoms with Crippen molar-refractivity contribution in [3.63, 3.8) is 0 Å². The Balaban J connectivity index is 1.31. The molecule has 174 valence electrons. The summed E-state index contributed by atoms with van der Waals surface area (Å²) in [6.07, 6.45) is 3.51. The van der Waals surface area contributed by atoms with Gasteiger partial charge in [0.1, 0.15) is 0 Å². The summed E-state index contributed by atoms with van der Waals surface area (Å²) >= 11 is 0. The molecule has 1 saturated heterocycles. The Labute approximate surface area is 202 Å². The monoisotopic (exact) mass is 452 g/mol. The van der Waals surface area contributed by atoms with Crippen LogP contribution in [0.5, 0.6) is 0 Å². The van der Waals surface area contributed by atoms with Crippen LogP contribution in [0.1, 0.15) is 41.5 Å². The number of carbonyl (C=O) groups is 2. The number of hydrogen-bond acceptors (Lipinski definition) is 2. The van der Waals surface area contributed by atoms with Gasteiger partial charge < -0.3 is 9.80 Å². The summed E-state index contributed by atoms with van der Waals surface area (Å²) in [5.74, 6) is 0.398. The van der Waals surface area contributed by atoms with Gasteiger partial charge in [-0.3, -0.25) is 9.59 Å². The van der Waals surface area contributed by atoms with E-state index in [2.05, 4.69) is 48.5 Å². The fourth-order valence-electron chi connectivity index (χ4n) is 5.55. The van der Waals surface area contributed by atoms with Crippen molar-refractivity contribution < 1.29 is 9.59 Å². The molecule has 1 fully saturated rings. The van der Waals surface area contributed by atoms with Gasteiger partial charge in [0.15, 0.2) is 0 Å². The fraction of sp³-hybridized carbons (Fsp3) is 0.333. The molecule has 0 radical (unpaired) electrons. The molecule has 5 rings (SSSR count). The zero-order chi connectivity index (χ0) is 23.4. The lowest BCUT2D eigenvalue weighted by molar-refractivity contribution is -0.143. The maximum Gasteiger partial charge on any atom is 0.233 e. The van der Waals surface area contributed by atoms with Crippen LogP contribution >= 0.6 is 0 Å². The van der Waals surface area contributed by atoms with Crippen LogP contribution in [-0.4, -0.2) is 41.2 Å². The first-order chi connectivity index (χ1) is 16.7. The van der Waals surface area contributed by atoms with Crippen molar-refractivity contribution in [2.24, 2.45) is 0 Å². The topological polar surface area (TPSA) is 40.6 Å². The maximum atomic E-state index is 14.1. The standard InChI is InChI=1S/C30H32N2O2/c33-28(16-15-24-9-3-1-4-10-24)31-21-18-30(19-22-31,27-13-5-2-6-14-27)29(34)32-20-17-25-11-7-8-12-26(25)23-32/h1-14H,15-23H2. The summed E-state index contributed by atoms with van der Waals surface area (Å²) in [5, 5.41) is 0. The number of aryl methyl sites for hydroxylation is 1. The highest BCUT2D eigenvalue weighted by Crippen LogP contribution is 2.39. The van der Waals surface area contributed by atoms with Gasteiger partial charge >= 0.3 is 0 Å². The molecule has 2 amide bonds. The second kappa shape index (κ2) is 9.84. The largest absolute Gasteiger partial charge is 0.343 e. The summed E-state index contributed by atoms with van der Waals surface area (Å²) in [6.45, 7) is 2.67. The third kappa shape index (κ3) is 4.50. The Morgan fingerprint density at radius 1 is 0.706 bits per heavy atom. The average molecular weight is 453 g/mol. The molecule has 3 aromatic carbocycles. The highest BCUT2D eigenvalue weighted by Gasteiger charge is 2.46. The number of hydrogen-bond donors (Lipinski definition) is 0. The van der Waals surface area contributed by atoms with Gasteiger partial charge in [0.05, 0.1) is 5.41 Å². The molecule has 0 bridgehead atoms. The predicted octanol–water partition coefficient (Wildman–Crippen LogP) is 4.76. The van der Waals surface area contributed by atoms with Gasteiger partial charge in [0.25, 0.3) is 0 Å². The van der Waals surface area contributed by atoms with Crippen LogP contribution in [0.25, 0.3) is 0 Å². The molecule has 0 aliphatic carbocycles. The Morgan fingerprint density at radius 2 is 1.32 bits per heavy atom.